The van der Waals surface area contributed by atoms with Gasteiger partial charge >= 0.3 is 0 Å². The van der Waals surface area contributed by atoms with Gasteiger partial charge in [-0.2, -0.15) is 11.8 Å². The van der Waals surface area contributed by atoms with Gasteiger partial charge in [0.05, 0.1) is 11.2 Å². The number of fused-ring (bicyclic) bond motifs is 3. The summed E-state index contributed by atoms with van der Waals surface area (Å²) in [6.07, 6.45) is 0. The second-order valence-electron chi connectivity index (χ2n) is 5.96. The zero-order valence-corrected chi connectivity index (χ0v) is 13.9. The van der Waals surface area contributed by atoms with Crippen molar-refractivity contribution in [1.82, 2.24) is 4.98 Å². The molecule has 0 saturated heterocycles. The molecule has 0 fully saturated rings. The van der Waals surface area contributed by atoms with Gasteiger partial charge in [-0.25, -0.2) is 0 Å². The molecule has 3 heterocycles. The lowest BCUT2D eigenvalue weighted by molar-refractivity contribution is 0.174. The molecule has 1 aromatic heterocycles. The molecule has 5 heteroatoms. The molecular formula is C19H16N2O2S. The van der Waals surface area contributed by atoms with Crippen molar-refractivity contribution in [3.05, 3.63) is 59.3 Å². The van der Waals surface area contributed by atoms with Crippen LogP contribution in [0.2, 0.25) is 0 Å². The predicted octanol–water partition coefficient (Wildman–Crippen LogP) is 4.32. The summed E-state index contributed by atoms with van der Waals surface area (Å²) >= 11 is 1.93. The van der Waals surface area contributed by atoms with Crippen LogP contribution in [0, 0.1) is 0 Å². The van der Waals surface area contributed by atoms with Gasteiger partial charge in [-0.1, -0.05) is 24.3 Å². The molecule has 1 N–H and O–H groups in total. The number of rotatable bonds is 3. The molecule has 5 rings (SSSR count). The van der Waals surface area contributed by atoms with Crippen molar-refractivity contribution >= 4 is 28.4 Å². The van der Waals surface area contributed by atoms with Crippen molar-refractivity contribution < 1.29 is 9.47 Å². The van der Waals surface area contributed by atoms with Crippen molar-refractivity contribution in [3.63, 3.8) is 0 Å². The van der Waals surface area contributed by atoms with E-state index in [1.165, 1.54) is 27.9 Å². The van der Waals surface area contributed by atoms with Gasteiger partial charge in [0.25, 0.3) is 0 Å². The Labute approximate surface area is 144 Å². The number of hydrogen-bond acceptors (Lipinski definition) is 5. The van der Waals surface area contributed by atoms with Gasteiger partial charge in [0.2, 0.25) is 6.79 Å². The summed E-state index contributed by atoms with van der Waals surface area (Å²) in [5.74, 6) is 3.68. The smallest absolute Gasteiger partial charge is 0.231 e. The average molecular weight is 336 g/mol. The third kappa shape index (κ3) is 2.27. The average Bonchev–Trinajstić information content (AvgIpc) is 3.26. The first-order valence-corrected chi connectivity index (χ1v) is 9.14. The van der Waals surface area contributed by atoms with E-state index in [2.05, 4.69) is 29.6 Å². The zero-order valence-electron chi connectivity index (χ0n) is 13.0. The SMILES string of the molecule is c1ccc2c(NCc3ccc4c(c3)OCO4)c3c(nc2c1)CSC3. The number of anilines is 1. The first-order valence-electron chi connectivity index (χ1n) is 7.99. The van der Waals surface area contributed by atoms with Crippen molar-refractivity contribution in [2.45, 2.75) is 18.1 Å². The van der Waals surface area contributed by atoms with Crippen molar-refractivity contribution in [3.8, 4) is 11.5 Å². The third-order valence-corrected chi connectivity index (χ3v) is 5.44. The maximum atomic E-state index is 5.47. The Bertz CT molecular complexity index is 942. The molecule has 0 spiro atoms. The van der Waals surface area contributed by atoms with Gasteiger partial charge < -0.3 is 14.8 Å². The number of nitrogens with one attached hydrogen (secondary N) is 1. The molecule has 0 unspecified atom stereocenters. The summed E-state index contributed by atoms with van der Waals surface area (Å²) in [4.78, 5) is 4.82. The minimum absolute atomic E-state index is 0.311. The monoisotopic (exact) mass is 336 g/mol. The Morgan fingerprint density at radius 1 is 1.04 bits per heavy atom. The molecule has 24 heavy (non-hydrogen) atoms. The highest BCUT2D eigenvalue weighted by Gasteiger charge is 2.20. The summed E-state index contributed by atoms with van der Waals surface area (Å²) in [5, 5.41) is 4.84. The van der Waals surface area contributed by atoms with Crippen LogP contribution in [0.3, 0.4) is 0 Å². The fourth-order valence-electron chi connectivity index (χ4n) is 3.27. The molecule has 0 radical (unpaired) electrons. The van der Waals surface area contributed by atoms with Gasteiger partial charge in [0.15, 0.2) is 11.5 Å². The van der Waals surface area contributed by atoms with Crippen LogP contribution in [0.5, 0.6) is 11.5 Å². The number of para-hydroxylation sites is 1. The van der Waals surface area contributed by atoms with Crippen LogP contribution in [0.15, 0.2) is 42.5 Å². The molecule has 2 aromatic carbocycles. The molecule has 2 aliphatic heterocycles. The maximum absolute atomic E-state index is 5.47. The molecule has 120 valence electrons. The molecular weight excluding hydrogens is 320 g/mol. The first kappa shape index (κ1) is 14.0. The number of thioether (sulfide) groups is 1. The minimum Gasteiger partial charge on any atom is -0.454 e. The lowest BCUT2D eigenvalue weighted by atomic mass is 10.1. The Morgan fingerprint density at radius 2 is 1.96 bits per heavy atom. The van der Waals surface area contributed by atoms with Crippen molar-refractivity contribution in [2.24, 2.45) is 0 Å². The molecule has 3 aromatic rings. The predicted molar refractivity (Wildman–Crippen MR) is 96.6 cm³/mol. The van der Waals surface area contributed by atoms with Crippen LogP contribution < -0.4 is 14.8 Å². The number of hydrogen-bond donors (Lipinski definition) is 1. The Morgan fingerprint density at radius 3 is 2.96 bits per heavy atom. The van der Waals surface area contributed by atoms with Gasteiger partial charge in [-0.15, -0.1) is 0 Å². The van der Waals surface area contributed by atoms with Crippen LogP contribution in [-0.4, -0.2) is 11.8 Å². The number of pyridine rings is 1. The van der Waals surface area contributed by atoms with E-state index in [1.54, 1.807) is 0 Å². The summed E-state index contributed by atoms with van der Waals surface area (Å²) in [7, 11) is 0. The van der Waals surface area contributed by atoms with Gasteiger partial charge in [0, 0.05) is 34.7 Å². The zero-order chi connectivity index (χ0) is 15.9. The Balaban J connectivity index is 1.51. The number of aromatic nitrogens is 1. The van der Waals surface area contributed by atoms with Crippen LogP contribution in [-0.2, 0) is 18.1 Å². The molecule has 0 aliphatic carbocycles. The molecule has 0 atom stereocenters. The second-order valence-corrected chi connectivity index (χ2v) is 6.95. The lowest BCUT2D eigenvalue weighted by Gasteiger charge is -2.14. The van der Waals surface area contributed by atoms with Gasteiger partial charge in [-0.05, 0) is 23.8 Å². The standard InChI is InChI=1S/C19H16N2O2S/c1-2-4-15-13(3-1)19(14-9-24-10-16(14)21-15)20-8-12-5-6-17-18(7-12)23-11-22-17/h1-7H,8-11H2,(H,20,21). The van der Waals surface area contributed by atoms with E-state index >= 15 is 0 Å². The fourth-order valence-corrected chi connectivity index (χ4v) is 4.32. The second kappa shape index (κ2) is 5.60. The van der Waals surface area contributed by atoms with E-state index in [1.807, 2.05) is 30.0 Å². The van der Waals surface area contributed by atoms with E-state index < -0.39 is 0 Å². The molecule has 4 nitrogen and oxygen atoms in total. The largest absolute Gasteiger partial charge is 0.454 e. The summed E-state index contributed by atoms with van der Waals surface area (Å²) in [5.41, 5.74) is 6.02. The van der Waals surface area contributed by atoms with E-state index in [-0.39, 0.29) is 0 Å². The highest BCUT2D eigenvalue weighted by atomic mass is 32.2. The van der Waals surface area contributed by atoms with Crippen LogP contribution in [0.25, 0.3) is 10.9 Å². The van der Waals surface area contributed by atoms with E-state index in [0.717, 1.165) is 35.1 Å². The normalized spacial score (nSPS) is 14.8. The molecule has 0 amide bonds. The number of nitrogens with zero attached hydrogens (tertiary/aromatic N) is 1. The highest BCUT2D eigenvalue weighted by Crippen LogP contribution is 2.38. The highest BCUT2D eigenvalue weighted by molar-refractivity contribution is 7.98. The minimum atomic E-state index is 0.311. The van der Waals surface area contributed by atoms with Gasteiger partial charge in [0.1, 0.15) is 0 Å². The molecule has 0 bridgehead atoms. The summed E-state index contributed by atoms with van der Waals surface area (Å²) < 4.78 is 10.9. The number of benzene rings is 2. The van der Waals surface area contributed by atoms with Gasteiger partial charge in [-0.3, -0.25) is 4.98 Å². The molecule has 0 saturated carbocycles. The summed E-state index contributed by atoms with van der Waals surface area (Å²) in [6, 6.07) is 14.5. The van der Waals surface area contributed by atoms with Crippen LogP contribution >= 0.6 is 11.8 Å². The molecule has 2 aliphatic rings. The first-order chi connectivity index (χ1) is 11.9. The third-order valence-electron chi connectivity index (χ3n) is 4.47. The Hall–Kier alpha value is -2.40. The van der Waals surface area contributed by atoms with E-state index in [0.29, 0.717) is 6.79 Å². The maximum Gasteiger partial charge on any atom is 0.231 e. The number of ether oxygens (including phenoxy) is 2. The van der Waals surface area contributed by atoms with Crippen molar-refractivity contribution in [2.75, 3.05) is 12.1 Å². The van der Waals surface area contributed by atoms with E-state index in [9.17, 15) is 0 Å². The topological polar surface area (TPSA) is 43.4 Å². The van der Waals surface area contributed by atoms with Crippen LogP contribution in [0.4, 0.5) is 5.69 Å². The van der Waals surface area contributed by atoms with Crippen molar-refractivity contribution in [1.29, 1.82) is 0 Å². The Kier molecular flexibility index (Phi) is 3.26. The lowest BCUT2D eigenvalue weighted by Crippen LogP contribution is -2.04. The quantitative estimate of drug-likeness (QED) is 0.771. The van der Waals surface area contributed by atoms with E-state index in [4.69, 9.17) is 14.5 Å². The van der Waals surface area contributed by atoms with Crippen LogP contribution in [0.1, 0.15) is 16.8 Å². The fraction of sp³-hybridized carbons (Fsp3) is 0.211. The summed E-state index contributed by atoms with van der Waals surface area (Å²) in [6.45, 7) is 1.06.